The number of hydrogen-bond donors (Lipinski definition) is 0. The molecule has 0 unspecified atom stereocenters. The van der Waals surface area contributed by atoms with Crippen molar-refractivity contribution < 1.29 is 0 Å². The quantitative estimate of drug-likeness (QED) is 0.403. The van der Waals surface area contributed by atoms with E-state index < -0.39 is 0 Å². The lowest BCUT2D eigenvalue weighted by Gasteiger charge is -2.22. The highest BCUT2D eigenvalue weighted by atomic mass is 14.7. The predicted octanol–water partition coefficient (Wildman–Crippen LogP) is 6.22. The summed E-state index contributed by atoms with van der Waals surface area (Å²) in [6.07, 6.45) is 5.14. The molecule has 5 rings (SSSR count). The lowest BCUT2D eigenvalue weighted by atomic mass is 9.86. The molecular weight excluding hydrogens is 350 g/mol. The van der Waals surface area contributed by atoms with Gasteiger partial charge in [0.15, 0.2) is 0 Å². The summed E-state index contributed by atoms with van der Waals surface area (Å²) in [6.45, 7) is 0. The van der Waals surface area contributed by atoms with Gasteiger partial charge in [0.2, 0.25) is 0 Å². The summed E-state index contributed by atoms with van der Waals surface area (Å²) in [7, 11) is 0. The largest absolute Gasteiger partial charge is 0.252 e. The van der Waals surface area contributed by atoms with E-state index >= 15 is 0 Å². The zero-order chi connectivity index (χ0) is 19.5. The molecule has 1 nitrogen and oxygen atoms in total. The molecule has 0 bridgehead atoms. The van der Waals surface area contributed by atoms with Crippen molar-refractivity contribution in [1.29, 1.82) is 0 Å². The van der Waals surface area contributed by atoms with Crippen molar-refractivity contribution in [2.75, 3.05) is 0 Å². The molecule has 0 N–H and O–H groups in total. The molecule has 0 amide bonds. The summed E-state index contributed by atoms with van der Waals surface area (Å²) in [5, 5.41) is 0. The molecule has 1 heterocycles. The second-order valence-corrected chi connectivity index (χ2v) is 7.91. The van der Waals surface area contributed by atoms with Crippen LogP contribution >= 0.6 is 0 Å². The Hall–Kier alpha value is -3.19. The highest BCUT2D eigenvalue weighted by Crippen LogP contribution is 2.33. The molecule has 0 fully saturated rings. The summed E-state index contributed by atoms with van der Waals surface area (Å²) in [5.41, 5.74) is 10.7. The lowest BCUT2D eigenvalue weighted by molar-refractivity contribution is 0.860. The number of hydrogen-bond acceptors (Lipinski definition) is 1. The second-order valence-electron chi connectivity index (χ2n) is 7.91. The number of nitrogens with zero attached hydrogens (tertiary/aromatic N) is 1. The second kappa shape index (κ2) is 8.05. The first kappa shape index (κ1) is 17.9. The van der Waals surface area contributed by atoms with Gasteiger partial charge in [0.25, 0.3) is 0 Å². The van der Waals surface area contributed by atoms with Gasteiger partial charge in [0, 0.05) is 11.3 Å². The highest BCUT2D eigenvalue weighted by Gasteiger charge is 2.20. The van der Waals surface area contributed by atoms with Crippen LogP contribution in [0.4, 0.5) is 0 Å². The van der Waals surface area contributed by atoms with Gasteiger partial charge in [-0.1, -0.05) is 91.0 Å². The van der Waals surface area contributed by atoms with E-state index in [9.17, 15) is 0 Å². The molecule has 0 spiro atoms. The molecule has 29 heavy (non-hydrogen) atoms. The Labute approximate surface area is 173 Å². The smallest absolute Gasteiger partial charge is 0.0740 e. The minimum atomic E-state index is 0.951. The van der Waals surface area contributed by atoms with Crippen LogP contribution in [0, 0.1) is 0 Å². The minimum Gasteiger partial charge on any atom is -0.252 e. The van der Waals surface area contributed by atoms with Gasteiger partial charge in [-0.15, -0.1) is 0 Å². The molecule has 0 aliphatic heterocycles. The molecule has 0 atom stereocenters. The SMILES string of the molecule is c1ccc(CCc2nc3c(cc2Cc2ccccc2)CCc2ccccc2-3)cc1. The van der Waals surface area contributed by atoms with Gasteiger partial charge >= 0.3 is 0 Å². The molecule has 4 aromatic rings. The van der Waals surface area contributed by atoms with Gasteiger partial charge in [-0.05, 0) is 59.9 Å². The van der Waals surface area contributed by atoms with E-state index in [0.29, 0.717) is 0 Å². The van der Waals surface area contributed by atoms with Crippen molar-refractivity contribution in [2.45, 2.75) is 32.1 Å². The Balaban J connectivity index is 1.54. The average molecular weight is 376 g/mol. The maximum absolute atomic E-state index is 5.27. The van der Waals surface area contributed by atoms with Crippen LogP contribution in [0.25, 0.3) is 11.3 Å². The molecule has 1 heteroatoms. The Morgan fingerprint density at radius 1 is 0.621 bits per heavy atom. The molecule has 3 aromatic carbocycles. The molecular formula is C28H25N. The molecule has 1 aliphatic rings. The summed E-state index contributed by atoms with van der Waals surface area (Å²) < 4.78 is 0. The van der Waals surface area contributed by atoms with Gasteiger partial charge < -0.3 is 0 Å². The number of fused-ring (bicyclic) bond motifs is 3. The maximum atomic E-state index is 5.27. The fraction of sp³-hybridized carbons (Fsp3) is 0.179. The van der Waals surface area contributed by atoms with Crippen LogP contribution in [-0.4, -0.2) is 4.98 Å². The van der Waals surface area contributed by atoms with Crippen LogP contribution < -0.4 is 0 Å². The Morgan fingerprint density at radius 2 is 1.28 bits per heavy atom. The van der Waals surface area contributed by atoms with E-state index in [1.807, 2.05) is 0 Å². The molecule has 142 valence electrons. The summed E-state index contributed by atoms with van der Waals surface area (Å²) in [4.78, 5) is 5.27. The number of benzene rings is 3. The zero-order valence-corrected chi connectivity index (χ0v) is 16.6. The van der Waals surface area contributed by atoms with E-state index in [-0.39, 0.29) is 0 Å². The fourth-order valence-electron chi connectivity index (χ4n) is 4.40. The summed E-state index contributed by atoms with van der Waals surface area (Å²) in [5.74, 6) is 0. The standard InChI is InChI=1S/C28H25N/c1-3-9-21(10-4-1)15-18-27-25(19-22-11-5-2-6-12-22)20-24-17-16-23-13-7-8-14-26(23)28(24)29-27/h1-14,20H,15-19H2. The normalized spacial score (nSPS) is 12.3. The molecule has 1 aliphatic carbocycles. The molecule has 0 saturated heterocycles. The van der Waals surface area contributed by atoms with Crippen molar-refractivity contribution >= 4 is 0 Å². The van der Waals surface area contributed by atoms with E-state index in [0.717, 1.165) is 32.1 Å². The summed E-state index contributed by atoms with van der Waals surface area (Å²) in [6, 6.07) is 32.7. The minimum absolute atomic E-state index is 0.951. The van der Waals surface area contributed by atoms with Crippen LogP contribution in [0.3, 0.4) is 0 Å². The van der Waals surface area contributed by atoms with Crippen LogP contribution in [-0.2, 0) is 32.1 Å². The van der Waals surface area contributed by atoms with Crippen LogP contribution in [0.2, 0.25) is 0 Å². The Morgan fingerprint density at radius 3 is 2.07 bits per heavy atom. The van der Waals surface area contributed by atoms with Gasteiger partial charge in [-0.2, -0.15) is 0 Å². The summed E-state index contributed by atoms with van der Waals surface area (Å²) >= 11 is 0. The van der Waals surface area contributed by atoms with Crippen LogP contribution in [0.1, 0.15) is 33.5 Å². The monoisotopic (exact) mass is 375 g/mol. The van der Waals surface area contributed by atoms with E-state index in [2.05, 4.69) is 91.0 Å². The van der Waals surface area contributed by atoms with Crippen molar-refractivity contribution in [3.8, 4) is 11.3 Å². The molecule has 0 saturated carbocycles. The predicted molar refractivity (Wildman–Crippen MR) is 120 cm³/mol. The van der Waals surface area contributed by atoms with Gasteiger partial charge in [0.05, 0.1) is 5.69 Å². The first-order valence-electron chi connectivity index (χ1n) is 10.5. The lowest BCUT2D eigenvalue weighted by Crippen LogP contribution is -2.11. The van der Waals surface area contributed by atoms with Gasteiger partial charge in [-0.25, -0.2) is 0 Å². The van der Waals surface area contributed by atoms with E-state index in [1.54, 1.807) is 0 Å². The average Bonchev–Trinajstić information content (AvgIpc) is 2.79. The number of aryl methyl sites for hydroxylation is 4. The van der Waals surface area contributed by atoms with Crippen molar-refractivity contribution in [3.05, 3.63) is 125 Å². The van der Waals surface area contributed by atoms with Gasteiger partial charge in [-0.3, -0.25) is 4.98 Å². The van der Waals surface area contributed by atoms with E-state index in [4.69, 9.17) is 4.98 Å². The van der Waals surface area contributed by atoms with Crippen molar-refractivity contribution in [1.82, 2.24) is 4.98 Å². The Kier molecular flexibility index (Phi) is 4.96. The first-order chi connectivity index (χ1) is 14.4. The third-order valence-corrected chi connectivity index (χ3v) is 5.94. The van der Waals surface area contributed by atoms with E-state index in [1.165, 1.54) is 44.8 Å². The first-order valence-corrected chi connectivity index (χ1v) is 10.5. The van der Waals surface area contributed by atoms with Crippen LogP contribution in [0.5, 0.6) is 0 Å². The maximum Gasteiger partial charge on any atom is 0.0740 e. The Bertz CT molecular complexity index is 1110. The number of aromatic nitrogens is 1. The van der Waals surface area contributed by atoms with Gasteiger partial charge in [0.1, 0.15) is 0 Å². The van der Waals surface area contributed by atoms with Crippen molar-refractivity contribution in [2.24, 2.45) is 0 Å². The fourth-order valence-corrected chi connectivity index (χ4v) is 4.40. The van der Waals surface area contributed by atoms with Crippen LogP contribution in [0.15, 0.2) is 91.0 Å². The molecule has 1 aromatic heterocycles. The molecule has 0 radical (unpaired) electrons. The highest BCUT2D eigenvalue weighted by molar-refractivity contribution is 5.70. The number of rotatable bonds is 5. The zero-order valence-electron chi connectivity index (χ0n) is 16.6. The number of pyridine rings is 1. The van der Waals surface area contributed by atoms with Crippen molar-refractivity contribution in [3.63, 3.8) is 0 Å². The third kappa shape index (κ3) is 3.86. The topological polar surface area (TPSA) is 12.9 Å². The third-order valence-electron chi connectivity index (χ3n) is 5.94.